The van der Waals surface area contributed by atoms with E-state index >= 15 is 0 Å². The normalized spacial score (nSPS) is 17.1. The van der Waals surface area contributed by atoms with E-state index in [4.69, 9.17) is 9.47 Å². The zero-order valence-electron chi connectivity index (χ0n) is 13.0. The maximum Gasteiger partial charge on any atom is 0.161 e. The fourth-order valence-corrected chi connectivity index (χ4v) is 3.29. The number of hydrogen-bond acceptors (Lipinski definition) is 3. The van der Waals surface area contributed by atoms with Crippen LogP contribution in [0.3, 0.4) is 0 Å². The van der Waals surface area contributed by atoms with Gasteiger partial charge in [0.15, 0.2) is 11.5 Å². The molecule has 1 aromatic carbocycles. The molecular weight excluding hydrogens is 250 g/mol. The maximum atomic E-state index is 5.46. The zero-order chi connectivity index (χ0) is 14.4. The van der Waals surface area contributed by atoms with Crippen molar-refractivity contribution in [1.29, 1.82) is 0 Å². The molecule has 1 saturated carbocycles. The molecule has 2 rings (SSSR count). The van der Waals surface area contributed by atoms with Crippen molar-refractivity contribution in [3.05, 3.63) is 23.8 Å². The highest BCUT2D eigenvalue weighted by Crippen LogP contribution is 2.43. The topological polar surface area (TPSA) is 30.5 Å². The van der Waals surface area contributed by atoms with Crippen molar-refractivity contribution in [2.45, 2.75) is 44.4 Å². The van der Waals surface area contributed by atoms with Gasteiger partial charge in [-0.15, -0.1) is 0 Å². The van der Waals surface area contributed by atoms with Crippen LogP contribution in [0.2, 0.25) is 0 Å². The van der Waals surface area contributed by atoms with Crippen molar-refractivity contribution in [1.82, 2.24) is 5.32 Å². The SMILES string of the molecule is CCCNCC1(c2ccc(OC)c(OC)c2)CCCC1. The highest BCUT2D eigenvalue weighted by atomic mass is 16.5. The number of ether oxygens (including phenoxy) is 2. The van der Waals surface area contributed by atoms with Crippen molar-refractivity contribution in [3.8, 4) is 11.5 Å². The van der Waals surface area contributed by atoms with E-state index < -0.39 is 0 Å². The predicted molar refractivity (Wildman–Crippen MR) is 82.9 cm³/mol. The summed E-state index contributed by atoms with van der Waals surface area (Å²) in [5.74, 6) is 1.65. The number of methoxy groups -OCH3 is 2. The molecule has 0 saturated heterocycles. The van der Waals surface area contributed by atoms with Gasteiger partial charge in [0.1, 0.15) is 0 Å². The van der Waals surface area contributed by atoms with E-state index in [9.17, 15) is 0 Å². The molecule has 0 atom stereocenters. The molecule has 0 spiro atoms. The fraction of sp³-hybridized carbons (Fsp3) is 0.647. The van der Waals surface area contributed by atoms with Crippen LogP contribution in [-0.4, -0.2) is 27.3 Å². The van der Waals surface area contributed by atoms with E-state index in [1.165, 1.54) is 37.7 Å². The molecule has 0 aromatic heterocycles. The largest absolute Gasteiger partial charge is 0.493 e. The third-order valence-electron chi connectivity index (χ3n) is 4.45. The van der Waals surface area contributed by atoms with Crippen molar-refractivity contribution in [2.75, 3.05) is 27.3 Å². The van der Waals surface area contributed by atoms with Gasteiger partial charge in [-0.3, -0.25) is 0 Å². The second-order valence-electron chi connectivity index (χ2n) is 5.73. The zero-order valence-corrected chi connectivity index (χ0v) is 13.0. The third-order valence-corrected chi connectivity index (χ3v) is 4.45. The van der Waals surface area contributed by atoms with Crippen LogP contribution in [0.15, 0.2) is 18.2 Å². The lowest BCUT2D eigenvalue weighted by atomic mass is 9.78. The van der Waals surface area contributed by atoms with Crippen LogP contribution in [0.4, 0.5) is 0 Å². The Balaban J connectivity index is 2.24. The summed E-state index contributed by atoms with van der Waals surface area (Å²) in [5, 5.41) is 3.61. The van der Waals surface area contributed by atoms with E-state index in [2.05, 4.69) is 24.4 Å². The van der Waals surface area contributed by atoms with Gasteiger partial charge in [-0.1, -0.05) is 25.8 Å². The molecule has 0 aliphatic heterocycles. The Morgan fingerprint density at radius 3 is 2.40 bits per heavy atom. The molecule has 0 heterocycles. The van der Waals surface area contributed by atoms with Crippen molar-refractivity contribution >= 4 is 0 Å². The van der Waals surface area contributed by atoms with Gasteiger partial charge < -0.3 is 14.8 Å². The summed E-state index contributed by atoms with van der Waals surface area (Å²) in [6.07, 6.45) is 6.35. The van der Waals surface area contributed by atoms with Crippen LogP contribution in [0, 0.1) is 0 Å². The summed E-state index contributed by atoms with van der Waals surface area (Å²) in [4.78, 5) is 0. The highest BCUT2D eigenvalue weighted by Gasteiger charge is 2.35. The first-order valence-electron chi connectivity index (χ1n) is 7.69. The summed E-state index contributed by atoms with van der Waals surface area (Å²) in [5.41, 5.74) is 1.66. The van der Waals surface area contributed by atoms with E-state index in [1.807, 2.05) is 6.07 Å². The molecule has 1 fully saturated rings. The lowest BCUT2D eigenvalue weighted by Gasteiger charge is -2.30. The van der Waals surface area contributed by atoms with Gasteiger partial charge in [-0.05, 0) is 43.5 Å². The number of hydrogen-bond donors (Lipinski definition) is 1. The molecule has 0 radical (unpaired) electrons. The Morgan fingerprint density at radius 2 is 1.80 bits per heavy atom. The van der Waals surface area contributed by atoms with Crippen molar-refractivity contribution < 1.29 is 9.47 Å². The molecule has 1 aliphatic rings. The lowest BCUT2D eigenvalue weighted by molar-refractivity contribution is 0.350. The Bertz CT molecular complexity index is 425. The van der Waals surface area contributed by atoms with Crippen molar-refractivity contribution in [3.63, 3.8) is 0 Å². The number of rotatable bonds is 7. The highest BCUT2D eigenvalue weighted by molar-refractivity contribution is 5.45. The number of nitrogens with one attached hydrogen (secondary N) is 1. The molecule has 0 unspecified atom stereocenters. The van der Waals surface area contributed by atoms with E-state index in [0.29, 0.717) is 0 Å². The molecule has 1 aliphatic carbocycles. The molecule has 1 aromatic rings. The van der Waals surface area contributed by atoms with Crippen LogP contribution >= 0.6 is 0 Å². The van der Waals surface area contributed by atoms with Gasteiger partial charge in [0.25, 0.3) is 0 Å². The minimum atomic E-state index is 0.273. The smallest absolute Gasteiger partial charge is 0.161 e. The second kappa shape index (κ2) is 6.98. The van der Waals surface area contributed by atoms with Gasteiger partial charge in [0, 0.05) is 12.0 Å². The van der Waals surface area contributed by atoms with Gasteiger partial charge in [-0.25, -0.2) is 0 Å². The third kappa shape index (κ3) is 3.09. The summed E-state index contributed by atoms with van der Waals surface area (Å²) in [6, 6.07) is 6.41. The molecule has 20 heavy (non-hydrogen) atoms. The van der Waals surface area contributed by atoms with Crippen LogP contribution in [-0.2, 0) is 5.41 Å². The number of benzene rings is 1. The van der Waals surface area contributed by atoms with Crippen LogP contribution in [0.25, 0.3) is 0 Å². The van der Waals surface area contributed by atoms with E-state index in [-0.39, 0.29) is 5.41 Å². The predicted octanol–water partition coefficient (Wildman–Crippen LogP) is 3.52. The summed E-state index contributed by atoms with van der Waals surface area (Å²) in [6.45, 7) is 4.37. The Kier molecular flexibility index (Phi) is 5.30. The monoisotopic (exact) mass is 277 g/mol. The minimum absolute atomic E-state index is 0.273. The second-order valence-corrected chi connectivity index (χ2v) is 5.73. The fourth-order valence-electron chi connectivity index (χ4n) is 3.29. The molecule has 0 bridgehead atoms. The molecule has 3 nitrogen and oxygen atoms in total. The maximum absolute atomic E-state index is 5.46. The Labute approximate surface area is 122 Å². The van der Waals surface area contributed by atoms with Crippen LogP contribution in [0.5, 0.6) is 11.5 Å². The van der Waals surface area contributed by atoms with Gasteiger partial charge >= 0.3 is 0 Å². The standard InChI is InChI=1S/C17H27NO2/c1-4-11-18-13-17(9-5-6-10-17)14-7-8-15(19-2)16(12-14)20-3/h7-8,12,18H,4-6,9-11,13H2,1-3H3. The summed E-state index contributed by atoms with van der Waals surface area (Å²) in [7, 11) is 3.39. The summed E-state index contributed by atoms with van der Waals surface area (Å²) >= 11 is 0. The van der Waals surface area contributed by atoms with E-state index in [1.54, 1.807) is 14.2 Å². The Hall–Kier alpha value is -1.22. The molecular formula is C17H27NO2. The molecule has 0 amide bonds. The molecule has 1 N–H and O–H groups in total. The van der Waals surface area contributed by atoms with Crippen LogP contribution < -0.4 is 14.8 Å². The molecule has 3 heteroatoms. The lowest BCUT2D eigenvalue weighted by Crippen LogP contribution is -2.36. The van der Waals surface area contributed by atoms with Gasteiger partial charge in [0.05, 0.1) is 14.2 Å². The van der Waals surface area contributed by atoms with Gasteiger partial charge in [0.2, 0.25) is 0 Å². The van der Waals surface area contributed by atoms with Gasteiger partial charge in [-0.2, -0.15) is 0 Å². The van der Waals surface area contributed by atoms with E-state index in [0.717, 1.165) is 24.6 Å². The first kappa shape index (κ1) is 15.2. The first-order chi connectivity index (χ1) is 9.75. The average Bonchev–Trinajstić information content (AvgIpc) is 2.97. The average molecular weight is 277 g/mol. The first-order valence-corrected chi connectivity index (χ1v) is 7.69. The molecule has 112 valence electrons. The van der Waals surface area contributed by atoms with Crippen LogP contribution in [0.1, 0.15) is 44.6 Å². The summed E-state index contributed by atoms with van der Waals surface area (Å²) < 4.78 is 10.8. The van der Waals surface area contributed by atoms with Crippen molar-refractivity contribution in [2.24, 2.45) is 0 Å². The quantitative estimate of drug-likeness (QED) is 0.774. The Morgan fingerprint density at radius 1 is 1.10 bits per heavy atom. The minimum Gasteiger partial charge on any atom is -0.493 e.